The Kier molecular flexibility index (Phi) is 7.58. The molecule has 3 N–H and O–H groups in total. The van der Waals surface area contributed by atoms with Gasteiger partial charge in [-0.25, -0.2) is 17.5 Å². The number of benzene rings is 3. The molecule has 13 heteroatoms. The summed E-state index contributed by atoms with van der Waals surface area (Å²) >= 11 is 12.6. The molecule has 3 atom stereocenters. The molecule has 1 unspecified atom stereocenters. The minimum Gasteiger partial charge on any atom is -0.375 e. The number of ether oxygens (including phenoxy) is 1. The molecular weight excluding hydrogens is 596 g/mol. The Bertz CT molecular complexity index is 1720. The third-order valence-electron chi connectivity index (χ3n) is 7.46. The quantitative estimate of drug-likeness (QED) is 0.380. The number of carbonyl (C=O) groups excluding carboxylic acids is 3. The molecule has 41 heavy (non-hydrogen) atoms. The van der Waals surface area contributed by atoms with Crippen LogP contribution in [0.5, 0.6) is 0 Å². The normalized spacial score (nSPS) is 21.8. The Balaban J connectivity index is 1.82. The summed E-state index contributed by atoms with van der Waals surface area (Å²) in [4.78, 5) is 39.4. The number of hydrogen-bond donors (Lipinski definition) is 3. The van der Waals surface area contributed by atoms with Crippen molar-refractivity contribution in [1.82, 2.24) is 10.0 Å². The number of sulfonamides is 1. The third kappa shape index (κ3) is 4.97. The largest absolute Gasteiger partial charge is 0.375 e. The number of methoxy groups -OCH3 is 1. The van der Waals surface area contributed by atoms with E-state index in [0.717, 1.165) is 0 Å². The molecule has 5 rings (SSSR count). The predicted molar refractivity (Wildman–Crippen MR) is 150 cm³/mol. The van der Waals surface area contributed by atoms with E-state index in [1.54, 1.807) is 25.1 Å². The molecule has 0 aliphatic carbocycles. The van der Waals surface area contributed by atoms with Crippen LogP contribution < -0.4 is 15.4 Å². The van der Waals surface area contributed by atoms with Crippen LogP contribution in [-0.4, -0.2) is 39.9 Å². The van der Waals surface area contributed by atoms with Gasteiger partial charge < -0.3 is 15.4 Å². The van der Waals surface area contributed by atoms with Crippen LogP contribution in [0.3, 0.4) is 0 Å². The fraction of sp³-hybridized carbons (Fsp3) is 0.250. The highest BCUT2D eigenvalue weighted by Crippen LogP contribution is 2.58. The van der Waals surface area contributed by atoms with Gasteiger partial charge in [0.2, 0.25) is 11.8 Å². The second kappa shape index (κ2) is 10.7. The van der Waals surface area contributed by atoms with E-state index < -0.39 is 57.5 Å². The number of anilines is 1. The van der Waals surface area contributed by atoms with Gasteiger partial charge >= 0.3 is 0 Å². The van der Waals surface area contributed by atoms with E-state index >= 15 is 0 Å². The molecule has 2 aliphatic rings. The van der Waals surface area contributed by atoms with Gasteiger partial charge in [-0.3, -0.25) is 14.4 Å². The molecule has 2 aliphatic heterocycles. The summed E-state index contributed by atoms with van der Waals surface area (Å²) in [7, 11) is -3.29. The second-order valence-electron chi connectivity index (χ2n) is 9.92. The van der Waals surface area contributed by atoms with Gasteiger partial charge in [0.15, 0.2) is 0 Å². The SMILES string of the molecule is COCC(=O)NS(=O)(=O)c1ccc(Cl)cc1[C@H]1CC(=O)N[C@@H](c2cc(F)ccc2C)C12C(=O)Nc1cc(Cl)ccc12. The minimum atomic E-state index is -4.52. The van der Waals surface area contributed by atoms with E-state index in [4.69, 9.17) is 27.9 Å². The van der Waals surface area contributed by atoms with E-state index in [-0.39, 0.29) is 21.9 Å². The Morgan fingerprint density at radius 2 is 1.78 bits per heavy atom. The fourth-order valence-corrected chi connectivity index (χ4v) is 7.42. The maximum absolute atomic E-state index is 14.6. The van der Waals surface area contributed by atoms with Crippen molar-refractivity contribution in [2.45, 2.75) is 35.6 Å². The van der Waals surface area contributed by atoms with Gasteiger partial charge in [0.05, 0.1) is 10.9 Å². The van der Waals surface area contributed by atoms with Crippen LogP contribution in [0.2, 0.25) is 10.0 Å². The molecule has 3 aromatic rings. The van der Waals surface area contributed by atoms with Crippen molar-refractivity contribution in [2.75, 3.05) is 19.0 Å². The molecule has 3 amide bonds. The lowest BCUT2D eigenvalue weighted by Gasteiger charge is -2.47. The van der Waals surface area contributed by atoms with Crippen LogP contribution >= 0.6 is 23.2 Å². The summed E-state index contributed by atoms with van der Waals surface area (Å²) in [6, 6.07) is 11.6. The fourth-order valence-electron chi connectivity index (χ4n) is 5.84. The lowest BCUT2D eigenvalue weighted by molar-refractivity contribution is -0.131. The average Bonchev–Trinajstić information content (AvgIpc) is 3.17. The van der Waals surface area contributed by atoms with Crippen molar-refractivity contribution >= 4 is 56.6 Å². The van der Waals surface area contributed by atoms with Crippen molar-refractivity contribution in [1.29, 1.82) is 0 Å². The highest BCUT2D eigenvalue weighted by atomic mass is 35.5. The lowest BCUT2D eigenvalue weighted by atomic mass is 9.59. The zero-order valence-corrected chi connectivity index (χ0v) is 24.1. The second-order valence-corrected chi connectivity index (χ2v) is 12.4. The van der Waals surface area contributed by atoms with Crippen LogP contribution in [0, 0.1) is 12.7 Å². The molecule has 1 saturated heterocycles. The van der Waals surface area contributed by atoms with Gasteiger partial charge in [-0.2, -0.15) is 0 Å². The summed E-state index contributed by atoms with van der Waals surface area (Å²) in [5.41, 5.74) is 0.0816. The first-order valence-electron chi connectivity index (χ1n) is 12.4. The summed E-state index contributed by atoms with van der Waals surface area (Å²) in [5, 5.41) is 6.18. The third-order valence-corrected chi connectivity index (χ3v) is 9.38. The number of aryl methyl sites for hydroxylation is 1. The molecule has 214 valence electrons. The number of hydrogen-bond acceptors (Lipinski definition) is 6. The lowest BCUT2D eigenvalue weighted by Crippen LogP contribution is -2.57. The van der Waals surface area contributed by atoms with E-state index in [2.05, 4.69) is 10.6 Å². The van der Waals surface area contributed by atoms with Crippen molar-refractivity contribution in [3.63, 3.8) is 0 Å². The van der Waals surface area contributed by atoms with Crippen molar-refractivity contribution < 1.29 is 31.9 Å². The first kappa shape index (κ1) is 29.0. The molecule has 9 nitrogen and oxygen atoms in total. The van der Waals surface area contributed by atoms with Gasteiger partial charge in [-0.05, 0) is 71.6 Å². The van der Waals surface area contributed by atoms with Gasteiger partial charge in [-0.1, -0.05) is 35.3 Å². The molecule has 2 heterocycles. The molecule has 3 aromatic carbocycles. The average molecular weight is 620 g/mol. The van der Waals surface area contributed by atoms with Crippen molar-refractivity contribution in [2.24, 2.45) is 0 Å². The topological polar surface area (TPSA) is 131 Å². The van der Waals surface area contributed by atoms with E-state index in [0.29, 0.717) is 27.4 Å². The summed E-state index contributed by atoms with van der Waals surface area (Å²) < 4.78 is 48.3. The van der Waals surface area contributed by atoms with Gasteiger partial charge in [0.25, 0.3) is 15.9 Å². The summed E-state index contributed by atoms with van der Waals surface area (Å²) in [6.45, 7) is 1.20. The molecular formula is C28H24Cl2FN3O6S. The number of carbonyl (C=O) groups is 3. The smallest absolute Gasteiger partial charge is 0.264 e. The molecule has 1 spiro atoms. The molecule has 0 saturated carbocycles. The molecule has 1 fully saturated rings. The number of amides is 3. The van der Waals surface area contributed by atoms with E-state index in [1.807, 2.05) is 4.72 Å². The van der Waals surface area contributed by atoms with Crippen LogP contribution in [-0.2, 0) is 34.6 Å². The maximum Gasteiger partial charge on any atom is 0.264 e. The first-order valence-corrected chi connectivity index (χ1v) is 14.6. The maximum atomic E-state index is 14.6. The minimum absolute atomic E-state index is 0.0297. The highest BCUT2D eigenvalue weighted by molar-refractivity contribution is 7.90. The summed E-state index contributed by atoms with van der Waals surface area (Å²) in [6.07, 6.45) is -0.324. The predicted octanol–water partition coefficient (Wildman–Crippen LogP) is 4.13. The monoisotopic (exact) mass is 619 g/mol. The van der Waals surface area contributed by atoms with Crippen LogP contribution in [0.4, 0.5) is 10.1 Å². The number of halogens is 3. The molecule has 0 aromatic heterocycles. The van der Waals surface area contributed by atoms with Crippen molar-refractivity contribution in [3.05, 3.63) is 92.7 Å². The van der Waals surface area contributed by atoms with Gasteiger partial charge in [0, 0.05) is 35.2 Å². The van der Waals surface area contributed by atoms with E-state index in [1.165, 1.54) is 43.5 Å². The zero-order chi connectivity index (χ0) is 29.7. The number of fused-ring (bicyclic) bond motifs is 2. The summed E-state index contributed by atoms with van der Waals surface area (Å²) in [5.74, 6) is -3.69. The van der Waals surface area contributed by atoms with Gasteiger partial charge in [-0.15, -0.1) is 0 Å². The Hall–Kier alpha value is -3.51. The van der Waals surface area contributed by atoms with E-state index in [9.17, 15) is 27.2 Å². The van der Waals surface area contributed by atoms with Crippen LogP contribution in [0.15, 0.2) is 59.5 Å². The molecule has 0 bridgehead atoms. The Labute approximate surface area is 245 Å². The van der Waals surface area contributed by atoms with Crippen LogP contribution in [0.1, 0.15) is 40.6 Å². The number of piperidine rings is 1. The number of rotatable bonds is 6. The Morgan fingerprint density at radius 1 is 1.07 bits per heavy atom. The Morgan fingerprint density at radius 3 is 2.51 bits per heavy atom. The van der Waals surface area contributed by atoms with Gasteiger partial charge in [0.1, 0.15) is 17.8 Å². The first-order chi connectivity index (χ1) is 19.4. The van der Waals surface area contributed by atoms with Crippen LogP contribution in [0.25, 0.3) is 0 Å². The number of nitrogens with one attached hydrogen (secondary N) is 3. The van der Waals surface area contributed by atoms with Crippen molar-refractivity contribution in [3.8, 4) is 0 Å². The standard InChI is InChI=1S/C28H24Cl2FN3O6S/c1-14-3-6-17(31)11-18(14)26-28(20-7-4-16(30)10-22(20)32-27(28)37)21(12-24(35)33-26)19-9-15(29)5-8-23(19)41(38,39)34-25(36)13-40-2/h3-11,21,26H,12-13H2,1-2H3,(H,32,37)(H,33,35)(H,34,36)/t21-,26+,28?/m1/s1. The molecule has 0 radical (unpaired) electrons. The zero-order valence-electron chi connectivity index (χ0n) is 21.8. The highest BCUT2D eigenvalue weighted by Gasteiger charge is 2.62.